The molecule has 0 aliphatic rings. The molecular weight excluding hydrogens is 215 g/mol. The topological polar surface area (TPSA) is 44.8 Å². The van der Waals surface area contributed by atoms with Gasteiger partial charge < -0.3 is 13.8 Å². The van der Waals surface area contributed by atoms with Gasteiger partial charge in [0.1, 0.15) is 0 Å². The van der Waals surface area contributed by atoms with E-state index in [1.54, 1.807) is 19.9 Å². The van der Waals surface area contributed by atoms with Crippen LogP contribution in [0, 0.1) is 0 Å². The van der Waals surface area contributed by atoms with Crippen molar-refractivity contribution in [2.75, 3.05) is 26.4 Å². The van der Waals surface area contributed by atoms with Crippen LogP contribution in [0.25, 0.3) is 0 Å². The van der Waals surface area contributed by atoms with Crippen molar-refractivity contribution < 1.29 is 18.3 Å². The molecule has 0 amide bonds. The average molecular weight is 234 g/mol. The van der Waals surface area contributed by atoms with Crippen LogP contribution in [-0.4, -0.2) is 26.4 Å². The molecule has 0 aromatic carbocycles. The molecule has 0 spiro atoms. The van der Waals surface area contributed by atoms with Crippen LogP contribution >= 0.6 is 7.60 Å². The summed E-state index contributed by atoms with van der Waals surface area (Å²) >= 11 is 0. The van der Waals surface area contributed by atoms with Gasteiger partial charge in [0, 0.05) is 0 Å². The largest absolute Gasteiger partial charge is 0.372 e. The summed E-state index contributed by atoms with van der Waals surface area (Å²) in [6, 6.07) is 0. The minimum absolute atomic E-state index is 0.156. The zero-order valence-corrected chi connectivity index (χ0v) is 10.3. The maximum atomic E-state index is 12.1. The van der Waals surface area contributed by atoms with Gasteiger partial charge in [0.25, 0.3) is 0 Å². The quantitative estimate of drug-likeness (QED) is 0.349. The van der Waals surface area contributed by atoms with Gasteiger partial charge in [-0.3, -0.25) is 4.57 Å². The maximum Gasteiger partial charge on any atom is 0.359 e. The van der Waals surface area contributed by atoms with Gasteiger partial charge in [-0.15, -0.1) is 6.58 Å². The Labute approximate surface area is 91.4 Å². The van der Waals surface area contributed by atoms with Crippen LogP contribution in [0.4, 0.5) is 0 Å². The van der Waals surface area contributed by atoms with Crippen LogP contribution in [0.1, 0.15) is 13.8 Å². The molecule has 0 aliphatic carbocycles. The molecule has 0 fully saturated rings. The summed E-state index contributed by atoms with van der Waals surface area (Å²) in [7, 11) is -3.20. The second kappa shape index (κ2) is 7.83. The fraction of sp³-hybridized carbons (Fsp3) is 0.600. The highest BCUT2D eigenvalue weighted by molar-refractivity contribution is 7.58. The van der Waals surface area contributed by atoms with Crippen molar-refractivity contribution >= 4 is 7.60 Å². The molecule has 0 aliphatic heterocycles. The molecule has 5 heteroatoms. The van der Waals surface area contributed by atoms with E-state index in [2.05, 4.69) is 13.2 Å². The molecule has 0 heterocycles. The first kappa shape index (κ1) is 14.6. The Hall–Kier alpha value is -0.410. The van der Waals surface area contributed by atoms with Crippen molar-refractivity contribution in [3.05, 3.63) is 24.5 Å². The Kier molecular flexibility index (Phi) is 7.61. The van der Waals surface area contributed by atoms with E-state index in [0.717, 1.165) is 0 Å². The first-order valence-corrected chi connectivity index (χ1v) is 6.41. The second-order valence-electron chi connectivity index (χ2n) is 2.70. The minimum atomic E-state index is -3.20. The van der Waals surface area contributed by atoms with E-state index in [9.17, 15) is 4.57 Å². The molecule has 0 bridgehead atoms. The molecule has 0 saturated carbocycles. The van der Waals surface area contributed by atoms with Crippen molar-refractivity contribution in [2.24, 2.45) is 0 Å². The van der Waals surface area contributed by atoms with Gasteiger partial charge >= 0.3 is 7.60 Å². The summed E-state index contributed by atoms with van der Waals surface area (Å²) in [6.07, 6.45) is 1.61. The Balaban J connectivity index is 4.28. The summed E-state index contributed by atoms with van der Waals surface area (Å²) in [5.41, 5.74) is 0. The molecule has 0 atom stereocenters. The summed E-state index contributed by atoms with van der Waals surface area (Å²) in [4.78, 5) is 0. The van der Waals surface area contributed by atoms with Gasteiger partial charge in [0.05, 0.1) is 31.7 Å². The molecule has 0 unspecified atom stereocenters. The molecule has 15 heavy (non-hydrogen) atoms. The number of hydrogen-bond acceptors (Lipinski definition) is 4. The average Bonchev–Trinajstić information content (AvgIpc) is 2.18. The molecular formula is C10H19O4P. The minimum Gasteiger partial charge on any atom is -0.372 e. The van der Waals surface area contributed by atoms with Crippen molar-refractivity contribution in [1.82, 2.24) is 0 Å². The van der Waals surface area contributed by atoms with Crippen molar-refractivity contribution in [1.29, 1.82) is 0 Å². The van der Waals surface area contributed by atoms with Crippen molar-refractivity contribution in [3.63, 3.8) is 0 Å². The van der Waals surface area contributed by atoms with Gasteiger partial charge in [-0.2, -0.15) is 0 Å². The van der Waals surface area contributed by atoms with Gasteiger partial charge in [-0.25, -0.2) is 0 Å². The third-order valence-corrected chi connectivity index (χ3v) is 3.59. The molecule has 4 nitrogen and oxygen atoms in total. The van der Waals surface area contributed by atoms with Crippen molar-refractivity contribution in [2.45, 2.75) is 13.8 Å². The maximum absolute atomic E-state index is 12.1. The summed E-state index contributed by atoms with van der Waals surface area (Å²) in [6.45, 7) is 11.9. The predicted molar refractivity (Wildman–Crippen MR) is 61.0 cm³/mol. The Morgan fingerprint density at radius 2 is 1.87 bits per heavy atom. The molecule has 0 N–H and O–H groups in total. The van der Waals surface area contributed by atoms with E-state index in [0.29, 0.717) is 25.1 Å². The van der Waals surface area contributed by atoms with Crippen molar-refractivity contribution in [3.8, 4) is 0 Å². The molecule has 0 aromatic rings. The third-order valence-electron chi connectivity index (χ3n) is 1.49. The van der Waals surface area contributed by atoms with E-state index in [1.165, 1.54) is 0 Å². The van der Waals surface area contributed by atoms with Gasteiger partial charge in [0.2, 0.25) is 0 Å². The lowest BCUT2D eigenvalue weighted by Gasteiger charge is -2.18. The SMILES string of the molecule is C=CCOCC(=C)P(=O)(OCC)OCC. The molecule has 0 aromatic heterocycles. The van der Waals surface area contributed by atoms with E-state index in [4.69, 9.17) is 13.8 Å². The zero-order valence-electron chi connectivity index (χ0n) is 9.40. The Morgan fingerprint density at radius 1 is 1.33 bits per heavy atom. The first-order valence-electron chi connectivity index (χ1n) is 4.86. The van der Waals surface area contributed by atoms with E-state index in [1.807, 2.05) is 0 Å². The molecule has 0 saturated heterocycles. The van der Waals surface area contributed by atoms with E-state index < -0.39 is 7.60 Å². The predicted octanol–water partition coefficient (Wildman–Crippen LogP) is 2.97. The molecule has 0 rings (SSSR count). The summed E-state index contributed by atoms with van der Waals surface area (Å²) < 4.78 is 27.4. The Bertz CT molecular complexity index is 240. The highest BCUT2D eigenvalue weighted by atomic mass is 31.2. The lowest BCUT2D eigenvalue weighted by Crippen LogP contribution is -2.04. The number of hydrogen-bond donors (Lipinski definition) is 0. The molecule has 88 valence electrons. The van der Waals surface area contributed by atoms with E-state index >= 15 is 0 Å². The monoisotopic (exact) mass is 234 g/mol. The smallest absolute Gasteiger partial charge is 0.359 e. The highest BCUT2D eigenvalue weighted by Gasteiger charge is 2.27. The van der Waals surface area contributed by atoms with Crippen LogP contribution < -0.4 is 0 Å². The second-order valence-corrected chi connectivity index (χ2v) is 4.85. The third kappa shape index (κ3) is 5.28. The fourth-order valence-electron chi connectivity index (χ4n) is 0.899. The normalized spacial score (nSPS) is 11.3. The van der Waals surface area contributed by atoms with Crippen LogP contribution in [0.5, 0.6) is 0 Å². The summed E-state index contributed by atoms with van der Waals surface area (Å²) in [5, 5.41) is 0.341. The fourth-order valence-corrected chi connectivity index (χ4v) is 2.27. The Morgan fingerprint density at radius 3 is 2.27 bits per heavy atom. The standard InChI is InChI=1S/C10H19O4P/c1-5-8-12-9-10(4)15(11,13-6-2)14-7-3/h5H,1,4,6-9H2,2-3H3. The van der Waals surface area contributed by atoms with Crippen LogP contribution in [0.2, 0.25) is 0 Å². The van der Waals surface area contributed by atoms with E-state index in [-0.39, 0.29) is 6.61 Å². The zero-order chi connectivity index (χ0) is 11.7. The van der Waals surface area contributed by atoms with Crippen LogP contribution in [-0.2, 0) is 18.3 Å². The number of rotatable bonds is 9. The lowest BCUT2D eigenvalue weighted by atomic mass is 10.6. The van der Waals surface area contributed by atoms with Crippen LogP contribution in [0.15, 0.2) is 24.5 Å². The summed E-state index contributed by atoms with van der Waals surface area (Å²) in [5.74, 6) is 0. The van der Waals surface area contributed by atoms with Crippen LogP contribution in [0.3, 0.4) is 0 Å². The van der Waals surface area contributed by atoms with Gasteiger partial charge in [-0.05, 0) is 13.8 Å². The lowest BCUT2D eigenvalue weighted by molar-refractivity contribution is 0.179. The first-order chi connectivity index (χ1) is 7.10. The number of ether oxygens (including phenoxy) is 1. The highest BCUT2D eigenvalue weighted by Crippen LogP contribution is 2.55. The van der Waals surface area contributed by atoms with Gasteiger partial charge in [-0.1, -0.05) is 12.7 Å². The van der Waals surface area contributed by atoms with Gasteiger partial charge in [0.15, 0.2) is 0 Å². The molecule has 0 radical (unpaired) electrons.